The zero-order chi connectivity index (χ0) is 22.3. The summed E-state index contributed by atoms with van der Waals surface area (Å²) < 4.78 is 25.9. The van der Waals surface area contributed by atoms with Crippen molar-refractivity contribution in [1.82, 2.24) is 4.90 Å². The lowest BCUT2D eigenvalue weighted by molar-refractivity contribution is -0.181. The van der Waals surface area contributed by atoms with Crippen molar-refractivity contribution in [3.63, 3.8) is 0 Å². The van der Waals surface area contributed by atoms with Gasteiger partial charge < -0.3 is 19.3 Å². The number of thioether (sulfide) groups is 1. The summed E-state index contributed by atoms with van der Waals surface area (Å²) in [6, 6.07) is 9.82. The van der Waals surface area contributed by atoms with Crippen molar-refractivity contribution in [2.75, 3.05) is 37.0 Å². The zero-order valence-electron chi connectivity index (χ0n) is 17.3. The maximum Gasteiger partial charge on any atom is 0.253 e. The van der Waals surface area contributed by atoms with E-state index in [2.05, 4.69) is 0 Å². The minimum absolute atomic E-state index is 0.0104. The molecule has 2 amide bonds. The number of halogens is 2. The van der Waals surface area contributed by atoms with Crippen molar-refractivity contribution in [3.8, 4) is 0 Å². The first-order chi connectivity index (χ1) is 15.5. The molecule has 2 fully saturated rings. The maximum absolute atomic E-state index is 14.4. The lowest BCUT2D eigenvalue weighted by atomic mass is 10.0. The highest BCUT2D eigenvalue weighted by molar-refractivity contribution is 8.00. The van der Waals surface area contributed by atoms with Gasteiger partial charge in [-0.25, -0.2) is 4.39 Å². The van der Waals surface area contributed by atoms with Crippen LogP contribution in [0.4, 0.5) is 10.1 Å². The van der Waals surface area contributed by atoms with Crippen LogP contribution in [0.5, 0.6) is 0 Å². The molecular formula is C23H22ClFN2O4S. The molecule has 0 bridgehead atoms. The Balaban J connectivity index is 1.39. The lowest BCUT2D eigenvalue weighted by Crippen LogP contribution is -2.47. The highest BCUT2D eigenvalue weighted by Crippen LogP contribution is 2.38. The molecule has 2 aromatic carbocycles. The fraction of sp³-hybridized carbons (Fsp3) is 0.391. The predicted octanol–water partition coefficient (Wildman–Crippen LogP) is 4.10. The van der Waals surface area contributed by atoms with Gasteiger partial charge in [0.05, 0.1) is 31.2 Å². The highest BCUT2D eigenvalue weighted by atomic mass is 35.5. The van der Waals surface area contributed by atoms with E-state index in [-0.39, 0.29) is 34.7 Å². The molecule has 9 heteroatoms. The third-order valence-electron chi connectivity index (χ3n) is 6.15. The average Bonchev–Trinajstić information content (AvgIpc) is 3.25. The summed E-state index contributed by atoms with van der Waals surface area (Å²) in [4.78, 5) is 30.1. The van der Waals surface area contributed by atoms with Crippen LogP contribution in [0.1, 0.15) is 28.8 Å². The van der Waals surface area contributed by atoms with Gasteiger partial charge in [-0.1, -0.05) is 17.7 Å². The molecule has 0 radical (unpaired) electrons. The van der Waals surface area contributed by atoms with Gasteiger partial charge in [0.15, 0.2) is 5.79 Å². The highest BCUT2D eigenvalue weighted by Gasteiger charge is 2.41. The molecule has 3 heterocycles. The van der Waals surface area contributed by atoms with Crippen molar-refractivity contribution < 1.29 is 23.5 Å². The van der Waals surface area contributed by atoms with E-state index in [0.717, 1.165) is 4.90 Å². The van der Waals surface area contributed by atoms with Crippen LogP contribution in [0.15, 0.2) is 41.3 Å². The van der Waals surface area contributed by atoms with E-state index < -0.39 is 11.6 Å². The first-order valence-corrected chi connectivity index (χ1v) is 11.9. The molecule has 0 atom stereocenters. The van der Waals surface area contributed by atoms with Gasteiger partial charge in [-0.2, -0.15) is 0 Å². The predicted molar refractivity (Wildman–Crippen MR) is 120 cm³/mol. The number of benzene rings is 2. The second kappa shape index (κ2) is 8.67. The Morgan fingerprint density at radius 1 is 1.16 bits per heavy atom. The number of hydrogen-bond acceptors (Lipinski definition) is 5. The van der Waals surface area contributed by atoms with Crippen molar-refractivity contribution in [2.45, 2.75) is 30.1 Å². The molecule has 3 aliphatic rings. The molecule has 1 spiro atoms. The monoisotopic (exact) mass is 476 g/mol. The van der Waals surface area contributed by atoms with E-state index in [9.17, 15) is 14.0 Å². The van der Waals surface area contributed by atoms with Crippen LogP contribution in [0.25, 0.3) is 0 Å². The molecule has 32 heavy (non-hydrogen) atoms. The number of hydrogen-bond donors (Lipinski definition) is 0. The van der Waals surface area contributed by atoms with E-state index >= 15 is 0 Å². The van der Waals surface area contributed by atoms with Crippen LogP contribution in [0.3, 0.4) is 0 Å². The second-order valence-electron chi connectivity index (χ2n) is 8.05. The van der Waals surface area contributed by atoms with E-state index in [1.807, 2.05) is 6.07 Å². The Morgan fingerprint density at radius 3 is 2.62 bits per heavy atom. The summed E-state index contributed by atoms with van der Waals surface area (Å²) in [5.74, 6) is -1.02. The Morgan fingerprint density at radius 2 is 1.91 bits per heavy atom. The minimum atomic E-state index is -0.550. The zero-order valence-corrected chi connectivity index (χ0v) is 18.9. The number of amides is 2. The molecule has 3 aliphatic heterocycles. The van der Waals surface area contributed by atoms with E-state index in [0.29, 0.717) is 50.4 Å². The van der Waals surface area contributed by atoms with Crippen molar-refractivity contribution in [2.24, 2.45) is 0 Å². The molecule has 0 N–H and O–H groups in total. The van der Waals surface area contributed by atoms with Gasteiger partial charge >= 0.3 is 0 Å². The Labute approximate surface area is 194 Å². The molecular weight excluding hydrogens is 455 g/mol. The van der Waals surface area contributed by atoms with Gasteiger partial charge in [-0.3, -0.25) is 9.59 Å². The molecule has 0 unspecified atom stereocenters. The third-order valence-corrected chi connectivity index (χ3v) is 7.55. The van der Waals surface area contributed by atoms with E-state index in [4.69, 9.17) is 21.1 Å². The molecule has 0 saturated carbocycles. The summed E-state index contributed by atoms with van der Waals surface area (Å²) in [5, 5.41) is 0.267. The van der Waals surface area contributed by atoms with Crippen molar-refractivity contribution in [3.05, 3.63) is 58.4 Å². The smallest absolute Gasteiger partial charge is 0.253 e. The quantitative estimate of drug-likeness (QED) is 0.667. The number of nitrogens with zero attached hydrogens (tertiary/aromatic N) is 2. The van der Waals surface area contributed by atoms with E-state index in [1.54, 1.807) is 23.1 Å². The van der Waals surface area contributed by atoms with Gasteiger partial charge in [0.1, 0.15) is 5.82 Å². The number of likely N-dealkylation sites (tertiary alicyclic amines) is 1. The number of fused-ring (bicyclic) bond motifs is 1. The fourth-order valence-corrected chi connectivity index (χ4v) is 5.51. The Hall–Kier alpha value is -2.13. The van der Waals surface area contributed by atoms with Gasteiger partial charge in [-0.15, -0.1) is 11.8 Å². The molecule has 2 aromatic rings. The average molecular weight is 477 g/mol. The number of rotatable bonds is 3. The fourth-order valence-electron chi connectivity index (χ4n) is 4.37. The van der Waals surface area contributed by atoms with Gasteiger partial charge in [0.25, 0.3) is 5.91 Å². The molecule has 0 aliphatic carbocycles. The maximum atomic E-state index is 14.4. The minimum Gasteiger partial charge on any atom is -0.347 e. The lowest BCUT2D eigenvalue weighted by Gasteiger charge is -2.37. The van der Waals surface area contributed by atoms with Crippen LogP contribution in [0, 0.1) is 5.82 Å². The Bertz CT molecular complexity index is 1050. The molecule has 5 rings (SSSR count). The number of carbonyl (C=O) groups excluding carboxylic acids is 2. The summed E-state index contributed by atoms with van der Waals surface area (Å²) in [6.45, 7) is 2.27. The van der Waals surface area contributed by atoms with Gasteiger partial charge in [0.2, 0.25) is 5.91 Å². The standard InChI is InChI=1S/C23H22ClFN2O4S/c24-17-2-1-3-18(25)16(17)13-27-19-12-15(4-5-20(19)32-14-21(27)28)22(29)26-8-6-23(7-9-26)30-10-11-31-23/h1-5,12H,6-11,13-14H2. The van der Waals surface area contributed by atoms with Crippen LogP contribution in [0.2, 0.25) is 5.02 Å². The number of carbonyl (C=O) groups is 2. The van der Waals surface area contributed by atoms with Crippen molar-refractivity contribution in [1.29, 1.82) is 0 Å². The summed E-state index contributed by atoms with van der Waals surface area (Å²) in [6.07, 6.45) is 1.27. The first-order valence-electron chi connectivity index (χ1n) is 10.5. The summed E-state index contributed by atoms with van der Waals surface area (Å²) in [5.41, 5.74) is 1.36. The van der Waals surface area contributed by atoms with Gasteiger partial charge in [0, 0.05) is 47.0 Å². The largest absolute Gasteiger partial charge is 0.347 e. The third kappa shape index (κ3) is 4.01. The summed E-state index contributed by atoms with van der Waals surface area (Å²) in [7, 11) is 0. The molecule has 0 aromatic heterocycles. The van der Waals surface area contributed by atoms with Crippen molar-refractivity contribution >= 4 is 40.9 Å². The van der Waals surface area contributed by atoms with E-state index in [1.165, 1.54) is 28.8 Å². The summed E-state index contributed by atoms with van der Waals surface area (Å²) >= 11 is 7.61. The van der Waals surface area contributed by atoms with Crippen LogP contribution in [-0.4, -0.2) is 54.6 Å². The topological polar surface area (TPSA) is 59.1 Å². The first kappa shape index (κ1) is 21.7. The Kier molecular flexibility index (Phi) is 5.88. The molecule has 2 saturated heterocycles. The normalized spacial score (nSPS) is 20.0. The number of anilines is 1. The van der Waals surface area contributed by atoms with Crippen LogP contribution < -0.4 is 4.90 Å². The van der Waals surface area contributed by atoms with Crippen LogP contribution >= 0.6 is 23.4 Å². The number of piperidine rings is 1. The number of ether oxygens (including phenoxy) is 2. The molecule has 168 valence electrons. The van der Waals surface area contributed by atoms with Gasteiger partial charge in [-0.05, 0) is 30.3 Å². The second-order valence-corrected chi connectivity index (χ2v) is 9.48. The van der Waals surface area contributed by atoms with Crippen LogP contribution in [-0.2, 0) is 20.8 Å². The SMILES string of the molecule is O=C(c1ccc2c(c1)N(Cc1c(F)cccc1Cl)C(=O)CS2)N1CCC2(CC1)OCCO2. The molecule has 6 nitrogen and oxygen atoms in total.